The van der Waals surface area contributed by atoms with Gasteiger partial charge >= 0.3 is 0 Å². The minimum atomic E-state index is -3.84. The molecule has 0 aromatic heterocycles. The van der Waals surface area contributed by atoms with E-state index in [1.807, 2.05) is 56.3 Å². The van der Waals surface area contributed by atoms with Crippen molar-refractivity contribution in [3.63, 3.8) is 0 Å². The van der Waals surface area contributed by atoms with Crippen molar-refractivity contribution in [3.05, 3.63) is 72.8 Å². The molecule has 4 rings (SSSR count). The Hall–Kier alpha value is -2.90. The van der Waals surface area contributed by atoms with Gasteiger partial charge in [-0.2, -0.15) is 4.72 Å². The monoisotopic (exact) mass is 451 g/mol. The molecule has 0 radical (unpaired) electrons. The van der Waals surface area contributed by atoms with Crippen LogP contribution in [0.1, 0.15) is 13.8 Å². The summed E-state index contributed by atoms with van der Waals surface area (Å²) in [6.45, 7) is 6.30. The number of hydrogen-bond donors (Lipinski definition) is 1. The molecule has 1 amide bonds. The molecule has 1 fully saturated rings. The number of rotatable bonds is 6. The van der Waals surface area contributed by atoms with Crippen LogP contribution in [0.15, 0.2) is 77.7 Å². The third kappa shape index (κ3) is 4.79. The fraction of sp³-hybridized carbons (Fsp3) is 0.320. The maximum atomic E-state index is 13.3. The van der Waals surface area contributed by atoms with Crippen LogP contribution in [0.25, 0.3) is 10.8 Å². The molecule has 1 atom stereocenters. The maximum Gasteiger partial charge on any atom is 0.241 e. The van der Waals surface area contributed by atoms with Gasteiger partial charge in [0.1, 0.15) is 6.04 Å². The second kappa shape index (κ2) is 9.30. The van der Waals surface area contributed by atoms with Gasteiger partial charge in [-0.3, -0.25) is 4.79 Å². The molecular formula is C25H29N3O3S. The summed E-state index contributed by atoms with van der Waals surface area (Å²) in [6, 6.07) is 21.9. The third-order valence-corrected chi connectivity index (χ3v) is 7.40. The first-order chi connectivity index (χ1) is 15.3. The van der Waals surface area contributed by atoms with Crippen LogP contribution in [0.3, 0.4) is 0 Å². The molecule has 1 N–H and O–H groups in total. The van der Waals surface area contributed by atoms with Gasteiger partial charge in [-0.1, -0.05) is 62.4 Å². The fourth-order valence-electron chi connectivity index (χ4n) is 4.06. The first-order valence-corrected chi connectivity index (χ1v) is 12.4. The van der Waals surface area contributed by atoms with E-state index in [0.29, 0.717) is 13.1 Å². The highest BCUT2D eigenvalue weighted by Gasteiger charge is 2.33. The lowest BCUT2D eigenvalue weighted by atomic mass is 10.0. The average molecular weight is 452 g/mol. The van der Waals surface area contributed by atoms with Crippen LogP contribution in [-0.2, 0) is 14.8 Å². The van der Waals surface area contributed by atoms with E-state index in [0.717, 1.165) is 29.5 Å². The van der Waals surface area contributed by atoms with Crippen molar-refractivity contribution in [2.45, 2.75) is 24.8 Å². The Morgan fingerprint density at radius 2 is 1.47 bits per heavy atom. The molecule has 3 aromatic rings. The van der Waals surface area contributed by atoms with E-state index >= 15 is 0 Å². The molecule has 7 heteroatoms. The summed E-state index contributed by atoms with van der Waals surface area (Å²) in [4.78, 5) is 17.5. The van der Waals surface area contributed by atoms with Crippen LogP contribution < -0.4 is 9.62 Å². The summed E-state index contributed by atoms with van der Waals surface area (Å²) in [7, 11) is -3.84. The lowest BCUT2D eigenvalue weighted by Gasteiger charge is -2.38. The Balaban J connectivity index is 1.47. The molecular weight excluding hydrogens is 422 g/mol. The Kier molecular flexibility index (Phi) is 6.48. The van der Waals surface area contributed by atoms with Gasteiger partial charge in [0.15, 0.2) is 0 Å². The van der Waals surface area contributed by atoms with Gasteiger partial charge < -0.3 is 9.80 Å². The van der Waals surface area contributed by atoms with Crippen molar-refractivity contribution in [1.82, 2.24) is 9.62 Å². The highest BCUT2D eigenvalue weighted by Crippen LogP contribution is 2.21. The Labute approximate surface area is 189 Å². The summed E-state index contributed by atoms with van der Waals surface area (Å²) in [5.41, 5.74) is 1.14. The average Bonchev–Trinajstić information content (AvgIpc) is 2.82. The number of sulfonamides is 1. The number of hydrogen-bond acceptors (Lipinski definition) is 4. The summed E-state index contributed by atoms with van der Waals surface area (Å²) in [5.74, 6) is -0.345. The summed E-state index contributed by atoms with van der Waals surface area (Å²) in [6.07, 6.45) is 0. The molecule has 6 nitrogen and oxygen atoms in total. The zero-order chi connectivity index (χ0) is 22.7. The molecule has 0 aliphatic carbocycles. The van der Waals surface area contributed by atoms with Gasteiger partial charge in [0, 0.05) is 31.9 Å². The zero-order valence-corrected chi connectivity index (χ0v) is 19.3. The van der Waals surface area contributed by atoms with Crippen molar-refractivity contribution in [2.75, 3.05) is 31.1 Å². The predicted molar refractivity (Wildman–Crippen MR) is 128 cm³/mol. The first kappa shape index (κ1) is 22.3. The SMILES string of the molecule is CC(C)C(NS(=O)(=O)c1ccc2ccccc2c1)C(=O)N1CCN(c2ccccc2)CC1. The topological polar surface area (TPSA) is 69.7 Å². The molecule has 1 heterocycles. The lowest BCUT2D eigenvalue weighted by Crippen LogP contribution is -2.56. The molecule has 1 aliphatic rings. The smallest absolute Gasteiger partial charge is 0.241 e. The van der Waals surface area contributed by atoms with Crippen molar-refractivity contribution in [1.29, 1.82) is 0 Å². The number of nitrogens with zero attached hydrogens (tertiary/aromatic N) is 2. The summed E-state index contributed by atoms with van der Waals surface area (Å²) < 4.78 is 28.9. The number of nitrogens with one attached hydrogen (secondary N) is 1. The Bertz CT molecular complexity index is 1190. The Morgan fingerprint density at radius 1 is 0.844 bits per heavy atom. The van der Waals surface area contributed by atoms with Crippen LogP contribution in [0.4, 0.5) is 5.69 Å². The zero-order valence-electron chi connectivity index (χ0n) is 18.4. The number of piperazine rings is 1. The van der Waals surface area contributed by atoms with Crippen molar-refractivity contribution < 1.29 is 13.2 Å². The minimum absolute atomic E-state index is 0.169. The number of para-hydroxylation sites is 1. The molecule has 1 unspecified atom stereocenters. The van der Waals surface area contributed by atoms with E-state index in [1.54, 1.807) is 23.1 Å². The normalized spacial score (nSPS) is 15.8. The maximum absolute atomic E-state index is 13.3. The second-order valence-corrected chi connectivity index (χ2v) is 10.2. The quantitative estimate of drug-likeness (QED) is 0.623. The fourth-order valence-corrected chi connectivity index (χ4v) is 5.43. The van der Waals surface area contributed by atoms with Crippen LogP contribution in [0, 0.1) is 5.92 Å². The lowest BCUT2D eigenvalue weighted by molar-refractivity contribution is -0.134. The molecule has 1 aliphatic heterocycles. The largest absolute Gasteiger partial charge is 0.368 e. The molecule has 3 aromatic carbocycles. The number of fused-ring (bicyclic) bond motifs is 1. The van der Waals surface area contributed by atoms with Crippen LogP contribution in [-0.4, -0.2) is 51.4 Å². The van der Waals surface area contributed by atoms with Crippen LogP contribution in [0.2, 0.25) is 0 Å². The second-order valence-electron chi connectivity index (χ2n) is 8.50. The van der Waals surface area contributed by atoms with Gasteiger partial charge in [0.2, 0.25) is 15.9 Å². The van der Waals surface area contributed by atoms with Gasteiger partial charge in [-0.15, -0.1) is 0 Å². The van der Waals surface area contributed by atoms with Gasteiger partial charge in [0.25, 0.3) is 0 Å². The third-order valence-electron chi connectivity index (χ3n) is 5.96. The van der Waals surface area contributed by atoms with Crippen molar-refractivity contribution in [3.8, 4) is 0 Å². The molecule has 0 bridgehead atoms. The number of benzene rings is 3. The van der Waals surface area contributed by atoms with E-state index in [1.165, 1.54) is 0 Å². The molecule has 32 heavy (non-hydrogen) atoms. The van der Waals surface area contributed by atoms with E-state index in [4.69, 9.17) is 0 Å². The number of amides is 1. The van der Waals surface area contributed by atoms with Crippen LogP contribution in [0.5, 0.6) is 0 Å². The van der Waals surface area contributed by atoms with E-state index < -0.39 is 16.1 Å². The van der Waals surface area contributed by atoms with E-state index in [9.17, 15) is 13.2 Å². The molecule has 168 valence electrons. The molecule has 0 spiro atoms. The van der Waals surface area contributed by atoms with Gasteiger partial charge in [-0.25, -0.2) is 8.42 Å². The molecule has 1 saturated heterocycles. The summed E-state index contributed by atoms with van der Waals surface area (Å²) in [5, 5.41) is 1.82. The van der Waals surface area contributed by atoms with Crippen LogP contribution >= 0.6 is 0 Å². The summed E-state index contributed by atoms with van der Waals surface area (Å²) >= 11 is 0. The number of anilines is 1. The van der Waals surface area contributed by atoms with Gasteiger partial charge in [-0.05, 0) is 41.0 Å². The van der Waals surface area contributed by atoms with E-state index in [2.05, 4.69) is 21.8 Å². The molecule has 0 saturated carbocycles. The van der Waals surface area contributed by atoms with Gasteiger partial charge in [0.05, 0.1) is 4.90 Å². The minimum Gasteiger partial charge on any atom is -0.368 e. The standard InChI is InChI=1S/C25H29N3O3S/c1-19(2)24(25(29)28-16-14-27(15-17-28)22-10-4-3-5-11-22)26-32(30,31)23-13-12-20-8-6-7-9-21(20)18-23/h3-13,18-19,24,26H,14-17H2,1-2H3. The van der Waals surface area contributed by atoms with E-state index in [-0.39, 0.29) is 16.7 Å². The number of carbonyl (C=O) groups excluding carboxylic acids is 1. The van der Waals surface area contributed by atoms with Crippen molar-refractivity contribution in [2.24, 2.45) is 5.92 Å². The highest BCUT2D eigenvalue weighted by molar-refractivity contribution is 7.89. The predicted octanol–water partition coefficient (Wildman–Crippen LogP) is 3.49. The number of carbonyl (C=O) groups is 1. The van der Waals surface area contributed by atoms with Crippen molar-refractivity contribution >= 4 is 32.4 Å². The highest BCUT2D eigenvalue weighted by atomic mass is 32.2. The first-order valence-electron chi connectivity index (χ1n) is 10.9. The Morgan fingerprint density at radius 3 is 2.12 bits per heavy atom.